The number of ether oxygens (including phenoxy) is 2. The fourth-order valence-corrected chi connectivity index (χ4v) is 6.38. The fourth-order valence-electron chi connectivity index (χ4n) is 6.38. The number of β-amino-alcohol motifs (C(OH)–C–C–N with tert-alkyl or cyclic N) is 1. The Labute approximate surface area is 219 Å². The summed E-state index contributed by atoms with van der Waals surface area (Å²) in [5.74, 6) is 0.872. The maximum Gasteiger partial charge on any atom is 0.410 e. The van der Waals surface area contributed by atoms with Gasteiger partial charge in [0.25, 0.3) is 0 Å². The first-order chi connectivity index (χ1) is 17.8. The van der Waals surface area contributed by atoms with Gasteiger partial charge in [0.2, 0.25) is 0 Å². The molecule has 2 aromatic carbocycles. The summed E-state index contributed by atoms with van der Waals surface area (Å²) in [5.41, 5.74) is 0.431. The molecule has 0 radical (unpaired) electrons. The lowest BCUT2D eigenvalue weighted by Gasteiger charge is -2.59. The topological polar surface area (TPSA) is 79.3 Å². The molecule has 3 aliphatic rings. The number of amides is 1. The van der Waals surface area contributed by atoms with Crippen LogP contribution in [0, 0.1) is 5.92 Å². The van der Waals surface area contributed by atoms with Gasteiger partial charge in [0, 0.05) is 38.5 Å². The molecule has 198 valence electrons. The smallest absolute Gasteiger partial charge is 0.410 e. The lowest BCUT2D eigenvalue weighted by atomic mass is 9.55. The van der Waals surface area contributed by atoms with Crippen molar-refractivity contribution in [3.05, 3.63) is 65.7 Å². The van der Waals surface area contributed by atoms with Crippen molar-refractivity contribution in [3.8, 4) is 5.75 Å². The Hall–Kier alpha value is -2.90. The minimum Gasteiger partial charge on any atom is -0.445 e. The summed E-state index contributed by atoms with van der Waals surface area (Å²) < 4.78 is 11.0. The van der Waals surface area contributed by atoms with Crippen molar-refractivity contribution in [2.45, 2.75) is 69.1 Å². The number of likely N-dealkylation sites (tertiary alicyclic amines) is 1. The second-order valence-electron chi connectivity index (χ2n) is 11.2. The fraction of sp³-hybridized carbons (Fsp3) is 0.533. The number of benzene rings is 2. The van der Waals surface area contributed by atoms with Crippen molar-refractivity contribution < 1.29 is 24.2 Å². The number of carbonyl (C=O) groups is 2. The van der Waals surface area contributed by atoms with Gasteiger partial charge in [-0.2, -0.15) is 0 Å². The number of rotatable bonds is 7. The van der Waals surface area contributed by atoms with E-state index in [-0.39, 0.29) is 24.7 Å². The van der Waals surface area contributed by atoms with Gasteiger partial charge < -0.3 is 24.4 Å². The highest BCUT2D eigenvalue weighted by Gasteiger charge is 2.58. The van der Waals surface area contributed by atoms with Gasteiger partial charge in [0.15, 0.2) is 0 Å². The van der Waals surface area contributed by atoms with E-state index in [2.05, 4.69) is 4.90 Å². The summed E-state index contributed by atoms with van der Waals surface area (Å²) >= 11 is 0. The summed E-state index contributed by atoms with van der Waals surface area (Å²) in [6.45, 7) is 4.18. The van der Waals surface area contributed by atoms with Crippen molar-refractivity contribution in [2.75, 3.05) is 26.7 Å². The van der Waals surface area contributed by atoms with Crippen LogP contribution >= 0.6 is 0 Å². The Balaban J connectivity index is 1.38. The maximum absolute atomic E-state index is 13.0. The third kappa shape index (κ3) is 5.53. The lowest BCUT2D eigenvalue weighted by Crippen LogP contribution is -2.67. The summed E-state index contributed by atoms with van der Waals surface area (Å²) in [4.78, 5) is 28.8. The van der Waals surface area contributed by atoms with E-state index in [0.29, 0.717) is 31.6 Å². The number of aliphatic hydroxyl groups is 1. The molecule has 1 aliphatic heterocycles. The molecule has 5 rings (SSSR count). The third-order valence-corrected chi connectivity index (χ3v) is 8.61. The Morgan fingerprint density at radius 3 is 2.59 bits per heavy atom. The predicted octanol–water partition coefficient (Wildman–Crippen LogP) is 4.52. The molecule has 2 aromatic rings. The lowest BCUT2D eigenvalue weighted by molar-refractivity contribution is -0.133. The molecule has 2 saturated carbocycles. The SMILES string of the molecule is CC(=O)Oc1cccc(C23CCN(CC4CC4)CC2(O)CCC(N(C)C(=O)OCc2ccccc2)C3)c1. The van der Waals surface area contributed by atoms with E-state index in [1.54, 1.807) is 18.0 Å². The molecule has 37 heavy (non-hydrogen) atoms. The highest BCUT2D eigenvalue weighted by Crippen LogP contribution is 2.53. The molecule has 3 unspecified atom stereocenters. The van der Waals surface area contributed by atoms with Gasteiger partial charge in [-0.3, -0.25) is 4.79 Å². The number of fused-ring (bicyclic) bond motifs is 1. The van der Waals surface area contributed by atoms with Gasteiger partial charge >= 0.3 is 12.1 Å². The molecule has 1 heterocycles. The van der Waals surface area contributed by atoms with E-state index in [9.17, 15) is 14.7 Å². The largest absolute Gasteiger partial charge is 0.445 e. The maximum atomic E-state index is 13.0. The minimum atomic E-state index is -0.930. The first-order valence-electron chi connectivity index (χ1n) is 13.5. The molecule has 2 aliphatic carbocycles. The van der Waals surface area contributed by atoms with Crippen LogP contribution in [0.4, 0.5) is 4.79 Å². The molecule has 7 heteroatoms. The summed E-state index contributed by atoms with van der Waals surface area (Å²) in [7, 11) is 1.80. The normalized spacial score (nSPS) is 27.7. The Kier molecular flexibility index (Phi) is 7.28. The van der Waals surface area contributed by atoms with Crippen molar-refractivity contribution in [2.24, 2.45) is 5.92 Å². The zero-order chi connectivity index (χ0) is 26.0. The monoisotopic (exact) mass is 506 g/mol. The highest BCUT2D eigenvalue weighted by molar-refractivity contribution is 5.69. The van der Waals surface area contributed by atoms with Crippen LogP contribution in [0.25, 0.3) is 0 Å². The highest BCUT2D eigenvalue weighted by atomic mass is 16.6. The molecule has 3 atom stereocenters. The summed E-state index contributed by atoms with van der Waals surface area (Å²) in [6, 6.07) is 17.2. The molecule has 3 fully saturated rings. The molecule has 0 spiro atoms. The van der Waals surface area contributed by atoms with Crippen molar-refractivity contribution in [1.82, 2.24) is 9.80 Å². The van der Waals surface area contributed by atoms with Crippen molar-refractivity contribution >= 4 is 12.1 Å². The molecule has 1 saturated heterocycles. The Morgan fingerprint density at radius 1 is 1.08 bits per heavy atom. The van der Waals surface area contributed by atoms with E-state index in [4.69, 9.17) is 9.47 Å². The molecular weight excluding hydrogens is 468 g/mol. The summed E-state index contributed by atoms with van der Waals surface area (Å²) in [5, 5.41) is 12.3. The van der Waals surface area contributed by atoms with Gasteiger partial charge in [-0.05, 0) is 74.2 Å². The van der Waals surface area contributed by atoms with E-state index in [1.807, 2.05) is 48.5 Å². The van der Waals surface area contributed by atoms with E-state index in [1.165, 1.54) is 19.8 Å². The molecule has 7 nitrogen and oxygen atoms in total. The molecule has 0 aromatic heterocycles. The number of piperidine rings is 1. The van der Waals surface area contributed by atoms with Crippen LogP contribution in [-0.4, -0.2) is 65.3 Å². The number of hydrogen-bond donors (Lipinski definition) is 1. The average Bonchev–Trinajstić information content (AvgIpc) is 3.70. The van der Waals surface area contributed by atoms with Gasteiger partial charge in [-0.1, -0.05) is 42.5 Å². The van der Waals surface area contributed by atoms with Gasteiger partial charge in [0.05, 0.1) is 5.60 Å². The minimum absolute atomic E-state index is 0.0732. The second-order valence-corrected chi connectivity index (χ2v) is 11.2. The third-order valence-electron chi connectivity index (χ3n) is 8.61. The van der Waals surface area contributed by atoms with Crippen LogP contribution in [0.15, 0.2) is 54.6 Å². The van der Waals surface area contributed by atoms with Gasteiger partial charge in [-0.15, -0.1) is 0 Å². The zero-order valence-electron chi connectivity index (χ0n) is 21.9. The van der Waals surface area contributed by atoms with E-state index < -0.39 is 11.0 Å². The van der Waals surface area contributed by atoms with Crippen molar-refractivity contribution in [1.29, 1.82) is 0 Å². The van der Waals surface area contributed by atoms with Gasteiger partial charge in [-0.25, -0.2) is 4.79 Å². The molecule has 1 N–H and O–H groups in total. The number of nitrogens with zero attached hydrogens (tertiary/aromatic N) is 2. The first-order valence-corrected chi connectivity index (χ1v) is 13.5. The molecular formula is C30H38N2O5. The van der Waals surface area contributed by atoms with Crippen LogP contribution in [0.2, 0.25) is 0 Å². The number of hydrogen-bond acceptors (Lipinski definition) is 6. The Morgan fingerprint density at radius 2 is 1.86 bits per heavy atom. The number of esters is 1. The average molecular weight is 507 g/mol. The zero-order valence-corrected chi connectivity index (χ0v) is 21.9. The van der Waals surface area contributed by atoms with Crippen molar-refractivity contribution in [3.63, 3.8) is 0 Å². The molecule has 1 amide bonds. The number of carbonyl (C=O) groups excluding carboxylic acids is 2. The van der Waals surface area contributed by atoms with Gasteiger partial charge in [0.1, 0.15) is 12.4 Å². The van der Waals surface area contributed by atoms with E-state index in [0.717, 1.165) is 36.6 Å². The van der Waals surface area contributed by atoms with Crippen LogP contribution in [0.1, 0.15) is 56.6 Å². The van der Waals surface area contributed by atoms with Crippen LogP contribution in [-0.2, 0) is 21.6 Å². The first kappa shape index (κ1) is 25.7. The summed E-state index contributed by atoms with van der Waals surface area (Å²) in [6.07, 6.45) is 4.91. The quantitative estimate of drug-likeness (QED) is 0.440. The standard InChI is InChI=1S/C30H38N2O5/c1-22(33)37-27-10-6-9-25(17-27)29-15-16-32(19-23-11-12-23)21-30(29,35)14-13-26(18-29)31(2)28(34)36-20-24-7-4-3-5-8-24/h3-10,17,23,26,35H,11-16,18-21H2,1-2H3. The molecule has 0 bridgehead atoms. The van der Waals surface area contributed by atoms with E-state index >= 15 is 0 Å². The predicted molar refractivity (Wildman–Crippen MR) is 140 cm³/mol. The van der Waals surface area contributed by atoms with Crippen LogP contribution in [0.5, 0.6) is 5.75 Å². The van der Waals surface area contributed by atoms with Crippen LogP contribution < -0.4 is 4.74 Å². The van der Waals surface area contributed by atoms with Crippen LogP contribution in [0.3, 0.4) is 0 Å². The second kappa shape index (κ2) is 10.5. The Bertz CT molecular complexity index is 1120.